The first-order valence-electron chi connectivity index (χ1n) is 46.3. The van der Waals surface area contributed by atoms with Gasteiger partial charge in [0.1, 0.15) is 89.8 Å². The number of ether oxygens (including phenoxy) is 7. The van der Waals surface area contributed by atoms with Crippen molar-refractivity contribution in [1.29, 1.82) is 0 Å². The number of phenols is 1. The molecule has 2 saturated heterocycles. The zero-order valence-electron chi connectivity index (χ0n) is 75.9. The number of hydrogen-bond donors (Lipinski definition) is 21. The van der Waals surface area contributed by atoms with E-state index in [2.05, 4.69) is 59.5 Å². The molecule has 736 valence electrons. The molecule has 0 aromatic heterocycles. The maximum atomic E-state index is 16.7. The van der Waals surface area contributed by atoms with Gasteiger partial charge in [0.2, 0.25) is 75.1 Å². The number of amides is 8. The van der Waals surface area contributed by atoms with Crippen molar-refractivity contribution >= 4 is 80.5 Å². The fourth-order valence-corrected chi connectivity index (χ4v) is 22.0. The summed E-state index contributed by atoms with van der Waals surface area (Å²) in [5.41, 5.74) is 8.79. The predicted octanol–water partition coefficient (Wildman–Crippen LogP) is 4.25. The SMILES string of the molecule is CCCCCOc1ccc(S(=O)(=O)NCCCCCCNCc2c(O)cc3c4c2C(O)(O)c2ccc(cc2-4)[C@H]2NC(=O)[C@@H]4NC(=O)[C@H](CC(N)=O)NC(=O)[C@H](NC(=O)[C@@H](CC(C)C)NC)[C@H](O)c5ccc(c(Cl)c5)Oc5cc4cc(c5O[C@@H]4O[C@H](CO)[C@@H](O)[C@H](O)[C@H]4O[C@H]4C[C@](C)(N)[C@H](O)[C@H](C)O4)Oc4ccc(cc4Cl)[C@@H](O)[C@H](NC2=O)C(=O)N[C@@H]3C(=O)NC2C3CC4CC(C3)CC2C4)cc1. The topological polar surface area (TPSA) is 590 Å². The van der Waals surface area contributed by atoms with E-state index < -0.39 is 225 Å². The molecule has 38 nitrogen and oxygen atoms in total. The number of sulfonamides is 1. The summed E-state index contributed by atoms with van der Waals surface area (Å²) in [4.78, 5) is 124. The molecule has 0 radical (unpaired) electrons. The van der Waals surface area contributed by atoms with Crippen LogP contribution >= 0.6 is 23.2 Å². The molecule has 15 bridgehead atoms. The largest absolute Gasteiger partial charge is 0.508 e. The van der Waals surface area contributed by atoms with Crippen LogP contribution in [-0.4, -0.2) is 220 Å². The minimum Gasteiger partial charge on any atom is -0.508 e. The lowest BCUT2D eigenvalue weighted by molar-refractivity contribution is -0.333. The number of phenolic OH excluding ortho intramolecular Hbond substituents is 1. The number of primary amides is 1. The molecule has 5 aliphatic carbocycles. The minimum atomic E-state index is -3.86. The first kappa shape index (κ1) is 100. The Hall–Kier alpha value is -9.99. The first-order chi connectivity index (χ1) is 64.7. The molecule has 4 saturated carbocycles. The second-order valence-electron chi connectivity index (χ2n) is 37.8. The first-order valence-corrected chi connectivity index (χ1v) is 48.5. The smallest absolute Gasteiger partial charge is 0.248 e. The highest BCUT2D eigenvalue weighted by molar-refractivity contribution is 7.89. The van der Waals surface area contributed by atoms with Crippen molar-refractivity contribution in [3.05, 3.63) is 152 Å². The van der Waals surface area contributed by atoms with Crippen molar-refractivity contribution in [2.75, 3.05) is 33.4 Å². The highest BCUT2D eigenvalue weighted by atomic mass is 35.5. The molecule has 8 amide bonds. The predicted molar refractivity (Wildman–Crippen MR) is 489 cm³/mol. The van der Waals surface area contributed by atoms with E-state index in [0.717, 1.165) is 75.6 Å². The third-order valence-electron chi connectivity index (χ3n) is 27.4. The van der Waals surface area contributed by atoms with Gasteiger partial charge < -0.3 is 138 Å². The molecule has 41 heteroatoms. The van der Waals surface area contributed by atoms with E-state index in [4.69, 9.17) is 67.8 Å². The zero-order chi connectivity index (χ0) is 97.4. The van der Waals surface area contributed by atoms with Crippen LogP contribution in [0.4, 0.5) is 0 Å². The van der Waals surface area contributed by atoms with Gasteiger partial charge in [0.25, 0.3) is 0 Å². The summed E-state index contributed by atoms with van der Waals surface area (Å²) in [7, 11) is -2.37. The van der Waals surface area contributed by atoms with E-state index >= 15 is 28.8 Å². The number of likely N-dealkylation sites (N-methyl/N-ethyl adjacent to an activating group) is 1. The molecule has 0 spiro atoms. The number of carbonyl (C=O) groups excluding carboxylic acids is 8. The monoisotopic (exact) mass is 1950 g/mol. The Morgan fingerprint density at radius 2 is 1.31 bits per heavy atom. The van der Waals surface area contributed by atoms with Crippen molar-refractivity contribution in [3.63, 3.8) is 0 Å². The van der Waals surface area contributed by atoms with Crippen LogP contribution in [0.3, 0.4) is 0 Å². The molecule has 6 aromatic rings. The molecule has 23 N–H and O–H groups in total. The van der Waals surface area contributed by atoms with Gasteiger partial charge >= 0.3 is 0 Å². The number of aliphatic hydroxyl groups is 8. The van der Waals surface area contributed by atoms with Crippen molar-refractivity contribution < 1.29 is 126 Å². The number of rotatable bonds is 30. The summed E-state index contributed by atoms with van der Waals surface area (Å²) in [5.74, 6) is -14.5. The van der Waals surface area contributed by atoms with E-state index in [1.807, 2.05) is 13.8 Å². The van der Waals surface area contributed by atoms with Crippen molar-refractivity contribution in [1.82, 2.24) is 52.6 Å². The fraction of sp³-hybridized carbons (Fsp3) is 0.537. The summed E-state index contributed by atoms with van der Waals surface area (Å²) in [5, 5.41) is 135. The number of aliphatic hydroxyl groups excluding tert-OH is 6. The van der Waals surface area contributed by atoms with Crippen molar-refractivity contribution in [2.24, 2.45) is 41.1 Å². The summed E-state index contributed by atoms with van der Waals surface area (Å²) >= 11 is 14.5. The Balaban J connectivity index is 0.856. The molecule has 6 aromatic carbocycles. The average Bonchev–Trinajstić information content (AvgIpc) is 1.54. The Morgan fingerprint density at radius 3 is 1.93 bits per heavy atom. The maximum Gasteiger partial charge on any atom is 0.248 e. The van der Waals surface area contributed by atoms with Gasteiger partial charge in [-0.25, -0.2) is 13.1 Å². The van der Waals surface area contributed by atoms with Crippen molar-refractivity contribution in [3.8, 4) is 51.4 Å². The van der Waals surface area contributed by atoms with Gasteiger partial charge in [-0.05, 0) is 227 Å². The van der Waals surface area contributed by atoms with Crippen LogP contribution < -0.4 is 83.0 Å². The van der Waals surface area contributed by atoms with Gasteiger partial charge in [-0.2, -0.15) is 0 Å². The number of carbonyl (C=O) groups is 8. The van der Waals surface area contributed by atoms with Gasteiger partial charge in [-0.1, -0.05) is 93.9 Å². The summed E-state index contributed by atoms with van der Waals surface area (Å²) < 4.78 is 74.2. The number of nitrogens with two attached hydrogens (primary N) is 2. The van der Waals surface area contributed by atoms with E-state index in [0.29, 0.717) is 49.9 Å². The second-order valence-corrected chi connectivity index (χ2v) is 40.4. The number of aromatic hydroxyl groups is 1. The van der Waals surface area contributed by atoms with Gasteiger partial charge in [0.15, 0.2) is 23.9 Å². The Kier molecular flexibility index (Phi) is 31.0. The van der Waals surface area contributed by atoms with Gasteiger partial charge in [0.05, 0.1) is 52.8 Å². The maximum absolute atomic E-state index is 16.7. The number of fused-ring (bicyclic) bond motifs is 12. The molecule has 7 aliphatic heterocycles. The summed E-state index contributed by atoms with van der Waals surface area (Å²) in [6, 6.07) is 6.11. The third-order valence-corrected chi connectivity index (χ3v) is 29.5. The van der Waals surface area contributed by atoms with Crippen LogP contribution in [0.2, 0.25) is 10.0 Å². The van der Waals surface area contributed by atoms with Crippen molar-refractivity contribution in [2.45, 2.75) is 263 Å². The zero-order valence-corrected chi connectivity index (χ0v) is 78.3. The summed E-state index contributed by atoms with van der Waals surface area (Å²) in [6.45, 7) is 8.43. The summed E-state index contributed by atoms with van der Waals surface area (Å²) in [6.07, 6.45) is -9.32. The van der Waals surface area contributed by atoms with Crippen LogP contribution in [0, 0.1) is 29.6 Å². The number of hydrogen-bond acceptors (Lipinski definition) is 29. The molecule has 136 heavy (non-hydrogen) atoms. The lowest BCUT2D eigenvalue weighted by Gasteiger charge is -2.54. The minimum absolute atomic E-state index is 0.0308. The van der Waals surface area contributed by atoms with Gasteiger partial charge in [0, 0.05) is 47.8 Å². The highest BCUT2D eigenvalue weighted by Gasteiger charge is 2.55. The molecule has 6 fully saturated rings. The molecule has 7 heterocycles. The van der Waals surface area contributed by atoms with E-state index in [1.165, 1.54) is 81.6 Å². The average molecular weight is 1950 g/mol. The lowest BCUT2D eigenvalue weighted by Crippen LogP contribution is -2.64. The Labute approximate surface area is 795 Å². The number of nitrogens with one attached hydrogen (secondary N) is 10. The highest BCUT2D eigenvalue weighted by Crippen LogP contribution is 2.57. The van der Waals surface area contributed by atoms with Crippen LogP contribution in [0.1, 0.15) is 206 Å². The van der Waals surface area contributed by atoms with Gasteiger partial charge in [-0.3, -0.25) is 38.4 Å². The quantitative estimate of drug-likeness (QED) is 0.0221. The van der Waals surface area contributed by atoms with Crippen LogP contribution in [0.5, 0.6) is 40.2 Å². The molecule has 18 atom stereocenters. The van der Waals surface area contributed by atoms with E-state index in [-0.39, 0.29) is 122 Å². The Bertz CT molecular complexity index is 5580. The van der Waals surface area contributed by atoms with Crippen LogP contribution in [0.15, 0.2) is 102 Å². The second kappa shape index (κ2) is 42.0. The number of unbranched alkanes of at least 4 members (excludes halogenated alkanes) is 5. The molecular weight excluding hydrogens is 1830 g/mol. The molecule has 18 rings (SSSR count). The molecule has 0 unspecified atom stereocenters. The fourth-order valence-electron chi connectivity index (χ4n) is 20.5. The van der Waals surface area contributed by atoms with E-state index in [9.17, 15) is 64.0 Å². The number of halogens is 2. The number of benzene rings is 6. The van der Waals surface area contributed by atoms with Crippen LogP contribution in [0.25, 0.3) is 11.1 Å². The molecule has 12 aliphatic rings. The molecular formula is C95H120Cl2N12O26S. The third kappa shape index (κ3) is 21.6. The van der Waals surface area contributed by atoms with E-state index in [1.54, 1.807) is 12.1 Å². The Morgan fingerprint density at radius 1 is 0.684 bits per heavy atom. The lowest BCUT2D eigenvalue weighted by atomic mass is 9.54. The standard InChI is InChI=1S/C95H120Cl2N12O26S/c1-7-8-13-26-129-53-17-19-54(20-18-53)136(127,128)102-25-12-10-9-11-24-101-41-57-63(111)38-56-71-55-33-47(14-21-58(55)95(125,126)72(57)71)74-88(120)109-78(92(124)107-76(56)90(122)104-73-50-29-45-28-46(31-50)32-51(73)30-45)80(114)49-16-23-65(60(97)35-49)132-67-37-52-36-66(83(67)135-93-84(82(116)81(115)68(42-110)133-93)134-70-40-94(5,99)85(117)44(4)130-70)131-64-22-15-48(34-59(64)96)79(113)77(108-86(118)61(100-6)27-43(2)3)91(123)103-62(39-69(98)112)87(119)105-75(52)89(121)106-74/h14-23,33-38,43-46,50-51,61-62,68,70,73-82,84-85,93,100-102,110-111,113-117,125-126H,7-13,24-32,39-42,99H2,1-6H3,(H2,98,112)(H,103,123)(H,104,122)(H,105,119)(H,106,121)(H,107,124)(H,108,118)(H,109,120)/t44-,45?,46?,50?,51?,61+,62-,68+,70-,73?,74+,75+,76-,77+,78-,79+,80+,81+,82-,84+,85+,93-,94-/m0/s1. The van der Waals surface area contributed by atoms with Gasteiger partial charge in [-0.15, -0.1) is 0 Å². The normalized spacial score (nSPS) is 29.7. The van der Waals surface area contributed by atoms with Crippen LogP contribution in [-0.2, 0) is 74.9 Å².